The molecule has 2 aliphatic heterocycles. The Hall–Kier alpha value is -2.22. The van der Waals surface area contributed by atoms with Crippen LogP contribution in [0.2, 0.25) is 0 Å². The van der Waals surface area contributed by atoms with Gasteiger partial charge in [-0.1, -0.05) is 36.4 Å². The third-order valence-electron chi connectivity index (χ3n) is 4.84. The van der Waals surface area contributed by atoms with Gasteiger partial charge in [-0.2, -0.15) is 0 Å². The molecular formula is C22H24O2. The van der Waals surface area contributed by atoms with Gasteiger partial charge in [-0.05, 0) is 51.8 Å². The van der Waals surface area contributed by atoms with Gasteiger partial charge in [-0.15, -0.1) is 0 Å². The summed E-state index contributed by atoms with van der Waals surface area (Å²) in [7, 11) is 0. The fourth-order valence-corrected chi connectivity index (χ4v) is 3.71. The van der Waals surface area contributed by atoms with Gasteiger partial charge in [0, 0.05) is 23.1 Å². The highest BCUT2D eigenvalue weighted by molar-refractivity contribution is 5.66. The highest BCUT2D eigenvalue weighted by atomic mass is 16.5. The number of fused-ring (bicyclic) bond motifs is 2. The Balaban J connectivity index is 1.85. The van der Waals surface area contributed by atoms with Gasteiger partial charge in [0.1, 0.15) is 22.7 Å². The summed E-state index contributed by atoms with van der Waals surface area (Å²) in [5.74, 6) is 2.20. The number of hydrogen-bond acceptors (Lipinski definition) is 2. The van der Waals surface area contributed by atoms with Gasteiger partial charge < -0.3 is 9.47 Å². The van der Waals surface area contributed by atoms with Crippen LogP contribution in [0.3, 0.4) is 0 Å². The van der Waals surface area contributed by atoms with Crippen LogP contribution in [0.1, 0.15) is 56.7 Å². The molecule has 1 unspecified atom stereocenters. The molecule has 124 valence electrons. The van der Waals surface area contributed by atoms with Gasteiger partial charge in [0.05, 0.1) is 0 Å². The number of hydrogen-bond donors (Lipinski definition) is 0. The summed E-state index contributed by atoms with van der Waals surface area (Å²) in [5, 5.41) is 0. The van der Waals surface area contributed by atoms with Crippen molar-refractivity contribution in [2.24, 2.45) is 0 Å². The first kappa shape index (κ1) is 15.3. The molecular weight excluding hydrogens is 296 g/mol. The van der Waals surface area contributed by atoms with Gasteiger partial charge in [0.15, 0.2) is 0 Å². The summed E-state index contributed by atoms with van der Waals surface area (Å²) in [5.41, 5.74) is 3.27. The molecule has 24 heavy (non-hydrogen) atoms. The molecule has 0 spiro atoms. The van der Waals surface area contributed by atoms with Crippen LogP contribution in [-0.2, 0) is 0 Å². The second kappa shape index (κ2) is 5.14. The Morgan fingerprint density at radius 1 is 0.917 bits per heavy atom. The maximum absolute atomic E-state index is 6.30. The van der Waals surface area contributed by atoms with Crippen LogP contribution >= 0.6 is 0 Å². The van der Waals surface area contributed by atoms with Gasteiger partial charge >= 0.3 is 0 Å². The van der Waals surface area contributed by atoms with Crippen LogP contribution in [0.15, 0.2) is 48.5 Å². The summed E-state index contributed by atoms with van der Waals surface area (Å²) in [4.78, 5) is 0. The molecule has 0 aliphatic carbocycles. The van der Waals surface area contributed by atoms with E-state index in [4.69, 9.17) is 9.47 Å². The van der Waals surface area contributed by atoms with Gasteiger partial charge in [-0.3, -0.25) is 0 Å². The van der Waals surface area contributed by atoms with E-state index >= 15 is 0 Å². The van der Waals surface area contributed by atoms with Crippen molar-refractivity contribution in [2.75, 3.05) is 0 Å². The fourth-order valence-electron chi connectivity index (χ4n) is 3.71. The van der Waals surface area contributed by atoms with Crippen molar-refractivity contribution in [2.45, 2.75) is 51.2 Å². The monoisotopic (exact) mass is 320 g/mol. The Morgan fingerprint density at radius 2 is 1.67 bits per heavy atom. The van der Waals surface area contributed by atoms with Gasteiger partial charge in [0.2, 0.25) is 0 Å². The lowest BCUT2D eigenvalue weighted by Gasteiger charge is -2.39. The molecule has 2 aliphatic rings. The minimum Gasteiger partial charge on any atom is -0.487 e. The minimum atomic E-state index is -0.274. The Kier molecular flexibility index (Phi) is 3.28. The average Bonchev–Trinajstić information content (AvgIpc) is 2.52. The van der Waals surface area contributed by atoms with E-state index in [1.807, 2.05) is 0 Å². The van der Waals surface area contributed by atoms with Crippen molar-refractivity contribution in [3.8, 4) is 11.5 Å². The molecule has 2 aromatic rings. The lowest BCUT2D eigenvalue weighted by atomic mass is 9.79. The normalized spacial score (nSPS) is 22.8. The first-order valence-electron chi connectivity index (χ1n) is 8.63. The molecule has 0 aromatic heterocycles. The van der Waals surface area contributed by atoms with Crippen molar-refractivity contribution in [3.05, 3.63) is 65.2 Å². The van der Waals surface area contributed by atoms with Gasteiger partial charge in [-0.25, -0.2) is 0 Å². The Morgan fingerprint density at radius 3 is 2.42 bits per heavy atom. The van der Waals surface area contributed by atoms with E-state index in [9.17, 15) is 0 Å². The quantitative estimate of drug-likeness (QED) is 0.684. The molecule has 0 saturated heterocycles. The molecule has 0 saturated carbocycles. The van der Waals surface area contributed by atoms with Crippen LogP contribution in [0.4, 0.5) is 0 Å². The highest BCUT2D eigenvalue weighted by Gasteiger charge is 2.36. The SMILES string of the molecule is CC1(C)C=Cc2cc3c(cc2O1)OC(C)(C)CC3c1ccccc1. The molecule has 0 N–H and O–H groups in total. The summed E-state index contributed by atoms with van der Waals surface area (Å²) in [6.07, 6.45) is 5.26. The largest absolute Gasteiger partial charge is 0.487 e. The first-order chi connectivity index (χ1) is 11.3. The summed E-state index contributed by atoms with van der Waals surface area (Å²) >= 11 is 0. The predicted molar refractivity (Wildman–Crippen MR) is 97.8 cm³/mol. The van der Waals surface area contributed by atoms with Crippen LogP contribution in [0.5, 0.6) is 11.5 Å². The summed E-state index contributed by atoms with van der Waals surface area (Å²) < 4.78 is 12.4. The Bertz CT molecular complexity index is 800. The average molecular weight is 320 g/mol. The smallest absolute Gasteiger partial charge is 0.131 e. The topological polar surface area (TPSA) is 18.5 Å². The fraction of sp³-hybridized carbons (Fsp3) is 0.364. The van der Waals surface area contributed by atoms with E-state index in [0.29, 0.717) is 5.92 Å². The van der Waals surface area contributed by atoms with E-state index in [-0.39, 0.29) is 11.2 Å². The van der Waals surface area contributed by atoms with E-state index < -0.39 is 0 Å². The molecule has 2 heterocycles. The van der Waals surface area contributed by atoms with Crippen molar-refractivity contribution in [1.29, 1.82) is 0 Å². The van der Waals surface area contributed by atoms with Crippen molar-refractivity contribution < 1.29 is 9.47 Å². The van der Waals surface area contributed by atoms with Crippen molar-refractivity contribution >= 4 is 6.08 Å². The first-order valence-corrected chi connectivity index (χ1v) is 8.63. The third-order valence-corrected chi connectivity index (χ3v) is 4.84. The molecule has 0 fully saturated rings. The summed E-state index contributed by atoms with van der Waals surface area (Å²) in [6, 6.07) is 15.0. The number of ether oxygens (including phenoxy) is 2. The molecule has 2 aromatic carbocycles. The predicted octanol–water partition coefficient (Wildman–Crippen LogP) is 5.56. The van der Waals surface area contributed by atoms with Crippen molar-refractivity contribution in [3.63, 3.8) is 0 Å². The number of rotatable bonds is 1. The van der Waals surface area contributed by atoms with Crippen LogP contribution in [0, 0.1) is 0 Å². The lowest BCUT2D eigenvalue weighted by Crippen LogP contribution is -2.35. The van der Waals surface area contributed by atoms with Crippen LogP contribution in [-0.4, -0.2) is 11.2 Å². The second-order valence-corrected chi connectivity index (χ2v) is 8.00. The van der Waals surface area contributed by atoms with Crippen LogP contribution in [0.25, 0.3) is 6.08 Å². The molecule has 0 radical (unpaired) electrons. The molecule has 2 nitrogen and oxygen atoms in total. The molecule has 2 heteroatoms. The lowest BCUT2D eigenvalue weighted by molar-refractivity contribution is 0.0761. The third kappa shape index (κ3) is 2.71. The molecule has 0 amide bonds. The van der Waals surface area contributed by atoms with E-state index in [0.717, 1.165) is 23.5 Å². The van der Waals surface area contributed by atoms with E-state index in [1.165, 1.54) is 11.1 Å². The standard InChI is InChI=1S/C22H24O2/c1-21(2)11-10-16-12-17-18(15-8-6-5-7-9-15)14-22(3,4)24-20(17)13-19(16)23-21/h5-13,18H,14H2,1-4H3. The minimum absolute atomic E-state index is 0.193. The summed E-state index contributed by atoms with van der Waals surface area (Å²) in [6.45, 7) is 8.47. The zero-order chi connectivity index (χ0) is 16.9. The van der Waals surface area contributed by atoms with E-state index in [2.05, 4.69) is 82.3 Å². The highest BCUT2D eigenvalue weighted by Crippen LogP contribution is 2.47. The van der Waals surface area contributed by atoms with E-state index in [1.54, 1.807) is 0 Å². The molecule has 4 rings (SSSR count). The maximum atomic E-state index is 6.30. The second-order valence-electron chi connectivity index (χ2n) is 8.00. The molecule has 1 atom stereocenters. The number of benzene rings is 2. The Labute approximate surface area is 144 Å². The van der Waals surface area contributed by atoms with Crippen molar-refractivity contribution in [1.82, 2.24) is 0 Å². The van der Waals surface area contributed by atoms with Gasteiger partial charge in [0.25, 0.3) is 0 Å². The maximum Gasteiger partial charge on any atom is 0.131 e. The molecule has 0 bridgehead atoms. The van der Waals surface area contributed by atoms with Crippen LogP contribution < -0.4 is 9.47 Å². The zero-order valence-corrected chi connectivity index (χ0v) is 14.8. The zero-order valence-electron chi connectivity index (χ0n) is 14.8.